The minimum atomic E-state index is -0.502. The summed E-state index contributed by atoms with van der Waals surface area (Å²) in [7, 11) is 3.05. The van der Waals surface area contributed by atoms with Gasteiger partial charge in [-0.25, -0.2) is 0 Å². The number of ether oxygens (including phenoxy) is 2. The van der Waals surface area contributed by atoms with E-state index in [9.17, 15) is 9.59 Å². The van der Waals surface area contributed by atoms with E-state index in [0.717, 1.165) is 0 Å². The Morgan fingerprint density at radius 1 is 1.00 bits per heavy atom. The molecule has 0 aliphatic heterocycles. The Labute approximate surface area is 175 Å². The van der Waals surface area contributed by atoms with E-state index < -0.39 is 5.91 Å². The normalized spacial score (nSPS) is 10.8. The van der Waals surface area contributed by atoms with Crippen LogP contribution in [0.2, 0.25) is 0 Å². The van der Waals surface area contributed by atoms with Crippen molar-refractivity contribution in [3.8, 4) is 11.5 Å². The van der Waals surface area contributed by atoms with Gasteiger partial charge in [0.05, 0.1) is 19.9 Å². The van der Waals surface area contributed by atoms with E-state index in [0.29, 0.717) is 46.7 Å². The molecule has 3 rings (SSSR count). The Morgan fingerprint density at radius 2 is 1.73 bits per heavy atom. The van der Waals surface area contributed by atoms with Crippen LogP contribution in [-0.2, 0) is 4.79 Å². The Kier molecular flexibility index (Phi) is 6.61. The number of hydrogen-bond acceptors (Lipinski definition) is 5. The van der Waals surface area contributed by atoms with Gasteiger partial charge in [-0.1, -0.05) is 26.0 Å². The van der Waals surface area contributed by atoms with Crippen molar-refractivity contribution in [2.75, 3.05) is 24.9 Å². The number of furan rings is 1. The summed E-state index contributed by atoms with van der Waals surface area (Å²) in [5.41, 5.74) is 1.31. The Hall–Kier alpha value is -3.48. The summed E-state index contributed by atoms with van der Waals surface area (Å²) in [5.74, 6) is 0.284. The van der Waals surface area contributed by atoms with Crippen LogP contribution in [0.1, 0.15) is 37.2 Å². The first-order valence-electron chi connectivity index (χ1n) is 9.88. The van der Waals surface area contributed by atoms with E-state index in [1.807, 2.05) is 32.0 Å². The van der Waals surface area contributed by atoms with Crippen molar-refractivity contribution in [1.82, 2.24) is 0 Å². The average molecular weight is 410 g/mol. The second-order valence-electron chi connectivity index (χ2n) is 6.83. The lowest BCUT2D eigenvalue weighted by atomic mass is 10.0. The molecule has 0 fully saturated rings. The molecule has 0 saturated heterocycles. The fraction of sp³-hybridized carbons (Fsp3) is 0.304. The molecule has 2 N–H and O–H groups in total. The van der Waals surface area contributed by atoms with E-state index in [1.165, 1.54) is 14.2 Å². The molecular weight excluding hydrogens is 384 g/mol. The molecule has 0 bridgehead atoms. The number of benzene rings is 2. The van der Waals surface area contributed by atoms with Crippen LogP contribution in [0.5, 0.6) is 11.5 Å². The van der Waals surface area contributed by atoms with Crippen LogP contribution in [0.4, 0.5) is 11.4 Å². The van der Waals surface area contributed by atoms with Crippen LogP contribution in [-0.4, -0.2) is 26.0 Å². The standard InChI is InChI=1S/C23H26N2O5/c1-5-14(6-2)22(26)25-20-16-9-7-8-10-18(16)30-21(20)23(27)24-17-13-15(28-3)11-12-19(17)29-4/h7-14H,5-6H2,1-4H3,(H,24,27)(H,25,26). The number of anilines is 2. The first-order valence-corrected chi connectivity index (χ1v) is 9.88. The van der Waals surface area contributed by atoms with Gasteiger partial charge in [0.15, 0.2) is 0 Å². The maximum Gasteiger partial charge on any atom is 0.293 e. The first kappa shape index (κ1) is 21.2. The second-order valence-corrected chi connectivity index (χ2v) is 6.83. The zero-order chi connectivity index (χ0) is 21.7. The molecule has 0 aliphatic carbocycles. The Balaban J connectivity index is 1.99. The molecule has 0 aliphatic rings. The van der Waals surface area contributed by atoms with E-state index in [-0.39, 0.29) is 17.6 Å². The predicted molar refractivity (Wildman–Crippen MR) is 116 cm³/mol. The minimum absolute atomic E-state index is 0.0281. The molecule has 1 heterocycles. The smallest absolute Gasteiger partial charge is 0.293 e. The number of hydrogen-bond donors (Lipinski definition) is 2. The molecule has 158 valence electrons. The minimum Gasteiger partial charge on any atom is -0.497 e. The molecule has 0 unspecified atom stereocenters. The molecule has 7 heteroatoms. The molecule has 0 radical (unpaired) electrons. The highest BCUT2D eigenvalue weighted by molar-refractivity contribution is 6.15. The number of fused-ring (bicyclic) bond motifs is 1. The Bertz CT molecular complexity index is 1050. The van der Waals surface area contributed by atoms with Crippen LogP contribution in [0.25, 0.3) is 11.0 Å². The quantitative estimate of drug-likeness (QED) is 0.541. The Morgan fingerprint density at radius 3 is 2.40 bits per heavy atom. The van der Waals surface area contributed by atoms with Gasteiger partial charge in [0.1, 0.15) is 22.8 Å². The lowest BCUT2D eigenvalue weighted by Gasteiger charge is -2.14. The third-order valence-electron chi connectivity index (χ3n) is 5.06. The van der Waals surface area contributed by atoms with E-state index in [2.05, 4.69) is 10.6 Å². The third-order valence-corrected chi connectivity index (χ3v) is 5.06. The lowest BCUT2D eigenvalue weighted by molar-refractivity contribution is -0.120. The second kappa shape index (κ2) is 9.35. The number of carbonyl (C=O) groups excluding carboxylic acids is 2. The molecule has 30 heavy (non-hydrogen) atoms. The topological polar surface area (TPSA) is 89.8 Å². The van der Waals surface area contributed by atoms with Gasteiger partial charge in [-0.3, -0.25) is 9.59 Å². The maximum atomic E-state index is 13.1. The molecule has 0 saturated carbocycles. The number of carbonyl (C=O) groups is 2. The van der Waals surface area contributed by atoms with Crippen molar-refractivity contribution >= 4 is 34.2 Å². The summed E-state index contributed by atoms with van der Waals surface area (Å²) >= 11 is 0. The summed E-state index contributed by atoms with van der Waals surface area (Å²) in [4.78, 5) is 25.8. The molecule has 0 spiro atoms. The van der Waals surface area contributed by atoms with Gasteiger partial charge >= 0.3 is 0 Å². The van der Waals surface area contributed by atoms with Crippen molar-refractivity contribution < 1.29 is 23.5 Å². The molecule has 3 aromatic rings. The summed E-state index contributed by atoms with van der Waals surface area (Å²) < 4.78 is 16.4. The summed E-state index contributed by atoms with van der Waals surface area (Å²) in [6, 6.07) is 12.3. The van der Waals surface area contributed by atoms with E-state index in [1.54, 1.807) is 24.3 Å². The number of nitrogens with one attached hydrogen (secondary N) is 2. The maximum absolute atomic E-state index is 13.1. The molecule has 1 aromatic heterocycles. The monoisotopic (exact) mass is 410 g/mol. The number of methoxy groups -OCH3 is 2. The van der Waals surface area contributed by atoms with Gasteiger partial charge in [0.25, 0.3) is 5.91 Å². The molecule has 2 aromatic carbocycles. The number of amides is 2. The van der Waals surface area contributed by atoms with Crippen molar-refractivity contribution in [3.63, 3.8) is 0 Å². The fourth-order valence-corrected chi connectivity index (χ4v) is 3.31. The van der Waals surface area contributed by atoms with Crippen LogP contribution < -0.4 is 20.1 Å². The highest BCUT2D eigenvalue weighted by Gasteiger charge is 2.25. The first-order chi connectivity index (χ1) is 14.5. The van der Waals surface area contributed by atoms with Gasteiger partial charge in [0.2, 0.25) is 11.7 Å². The van der Waals surface area contributed by atoms with Gasteiger partial charge in [0, 0.05) is 17.4 Å². The number of rotatable bonds is 8. The lowest BCUT2D eigenvalue weighted by Crippen LogP contribution is -2.23. The largest absolute Gasteiger partial charge is 0.497 e. The van der Waals surface area contributed by atoms with Crippen LogP contribution in [0, 0.1) is 5.92 Å². The zero-order valence-corrected chi connectivity index (χ0v) is 17.6. The molecule has 7 nitrogen and oxygen atoms in total. The van der Waals surface area contributed by atoms with Crippen LogP contribution in [0.3, 0.4) is 0 Å². The van der Waals surface area contributed by atoms with Crippen molar-refractivity contribution in [2.45, 2.75) is 26.7 Å². The van der Waals surface area contributed by atoms with Crippen molar-refractivity contribution in [3.05, 3.63) is 48.2 Å². The van der Waals surface area contributed by atoms with Gasteiger partial charge < -0.3 is 24.5 Å². The van der Waals surface area contributed by atoms with Crippen LogP contribution in [0.15, 0.2) is 46.9 Å². The SMILES string of the molecule is CCC(CC)C(=O)Nc1c(C(=O)Nc2cc(OC)ccc2OC)oc2ccccc12. The van der Waals surface area contributed by atoms with E-state index >= 15 is 0 Å². The highest BCUT2D eigenvalue weighted by atomic mass is 16.5. The molecular formula is C23H26N2O5. The number of para-hydroxylation sites is 1. The average Bonchev–Trinajstić information content (AvgIpc) is 3.13. The van der Waals surface area contributed by atoms with Crippen LogP contribution >= 0.6 is 0 Å². The molecule has 2 amide bonds. The third kappa shape index (κ3) is 4.25. The fourth-order valence-electron chi connectivity index (χ4n) is 3.31. The zero-order valence-electron chi connectivity index (χ0n) is 17.6. The predicted octanol–water partition coefficient (Wildman–Crippen LogP) is 5.08. The highest BCUT2D eigenvalue weighted by Crippen LogP contribution is 2.34. The molecule has 0 atom stereocenters. The van der Waals surface area contributed by atoms with E-state index in [4.69, 9.17) is 13.9 Å². The van der Waals surface area contributed by atoms with Gasteiger partial charge in [-0.05, 0) is 37.1 Å². The van der Waals surface area contributed by atoms with Gasteiger partial charge in [-0.15, -0.1) is 0 Å². The van der Waals surface area contributed by atoms with Gasteiger partial charge in [-0.2, -0.15) is 0 Å². The summed E-state index contributed by atoms with van der Waals surface area (Å²) in [6.07, 6.45) is 1.42. The summed E-state index contributed by atoms with van der Waals surface area (Å²) in [5, 5.41) is 6.37. The van der Waals surface area contributed by atoms with Crippen molar-refractivity contribution in [2.24, 2.45) is 5.92 Å². The summed E-state index contributed by atoms with van der Waals surface area (Å²) in [6.45, 7) is 3.92. The van der Waals surface area contributed by atoms with Crippen molar-refractivity contribution in [1.29, 1.82) is 0 Å².